The number of aryl methyl sites for hydroxylation is 1. The van der Waals surface area contributed by atoms with Crippen LogP contribution in [0.15, 0.2) is 64.2 Å². The molecule has 1 N–H and O–H groups in total. The summed E-state index contributed by atoms with van der Waals surface area (Å²) in [5.41, 5.74) is 6.56. The normalized spacial score (nSPS) is 11.4. The molecule has 0 radical (unpaired) electrons. The molecular weight excluding hydrogens is 402 g/mol. The number of thiazole rings is 1. The summed E-state index contributed by atoms with van der Waals surface area (Å²) in [6, 6.07) is 15.8. The number of amides is 1. The maximum Gasteiger partial charge on any atom is 0.250 e. The second kappa shape index (κ2) is 8.59. The molecule has 146 valence electrons. The van der Waals surface area contributed by atoms with Gasteiger partial charge >= 0.3 is 0 Å². The van der Waals surface area contributed by atoms with E-state index in [9.17, 15) is 4.79 Å². The van der Waals surface area contributed by atoms with Crippen LogP contribution in [0.4, 0.5) is 0 Å². The van der Waals surface area contributed by atoms with Crippen molar-refractivity contribution in [2.45, 2.75) is 18.2 Å². The van der Waals surface area contributed by atoms with Gasteiger partial charge in [0.2, 0.25) is 0 Å². The van der Waals surface area contributed by atoms with Crippen molar-refractivity contribution in [2.75, 3.05) is 5.75 Å². The SMILES string of the molecule is Cc1cc(/C=N\NC(=O)CSc2nc3ccccc3s2)c(C)n1-c1ccccn1. The second-order valence-electron chi connectivity index (χ2n) is 6.38. The highest BCUT2D eigenvalue weighted by atomic mass is 32.2. The molecule has 0 unspecified atom stereocenters. The molecule has 0 saturated heterocycles. The summed E-state index contributed by atoms with van der Waals surface area (Å²) in [6.45, 7) is 4.03. The highest BCUT2D eigenvalue weighted by Gasteiger charge is 2.10. The molecule has 3 heterocycles. The highest BCUT2D eigenvalue weighted by Crippen LogP contribution is 2.29. The molecule has 1 aromatic carbocycles. The zero-order chi connectivity index (χ0) is 20.2. The molecule has 8 heteroatoms. The number of rotatable bonds is 6. The first kappa shape index (κ1) is 19.4. The number of benzene rings is 1. The summed E-state index contributed by atoms with van der Waals surface area (Å²) in [7, 11) is 0. The van der Waals surface area contributed by atoms with Gasteiger partial charge in [-0.15, -0.1) is 11.3 Å². The van der Waals surface area contributed by atoms with Crippen molar-refractivity contribution in [1.82, 2.24) is 20.0 Å². The van der Waals surface area contributed by atoms with Gasteiger partial charge in [-0.25, -0.2) is 15.4 Å². The van der Waals surface area contributed by atoms with Crippen molar-refractivity contribution in [3.05, 3.63) is 71.7 Å². The quantitative estimate of drug-likeness (QED) is 0.286. The fourth-order valence-corrected chi connectivity index (χ4v) is 4.86. The van der Waals surface area contributed by atoms with Crippen LogP contribution in [-0.4, -0.2) is 32.4 Å². The van der Waals surface area contributed by atoms with Gasteiger partial charge in [-0.1, -0.05) is 30.0 Å². The zero-order valence-electron chi connectivity index (χ0n) is 16.0. The topological polar surface area (TPSA) is 72.2 Å². The van der Waals surface area contributed by atoms with Crippen molar-refractivity contribution in [2.24, 2.45) is 5.10 Å². The van der Waals surface area contributed by atoms with Crippen molar-refractivity contribution >= 4 is 45.4 Å². The van der Waals surface area contributed by atoms with Crippen LogP contribution in [0.1, 0.15) is 17.0 Å². The maximum absolute atomic E-state index is 12.1. The molecule has 4 aromatic rings. The van der Waals surface area contributed by atoms with Crippen LogP contribution < -0.4 is 5.43 Å². The Kier molecular flexibility index (Phi) is 5.73. The van der Waals surface area contributed by atoms with Crippen molar-refractivity contribution < 1.29 is 4.79 Å². The lowest BCUT2D eigenvalue weighted by molar-refractivity contribution is -0.118. The van der Waals surface area contributed by atoms with Gasteiger partial charge in [-0.3, -0.25) is 4.79 Å². The average Bonchev–Trinajstić information content (AvgIpc) is 3.27. The minimum Gasteiger partial charge on any atom is -0.303 e. The largest absolute Gasteiger partial charge is 0.303 e. The number of aromatic nitrogens is 3. The highest BCUT2D eigenvalue weighted by molar-refractivity contribution is 8.01. The molecule has 1 amide bonds. The van der Waals surface area contributed by atoms with Crippen LogP contribution in [-0.2, 0) is 4.79 Å². The number of fused-ring (bicyclic) bond motifs is 1. The Balaban J connectivity index is 1.37. The van der Waals surface area contributed by atoms with Gasteiger partial charge in [0.05, 0.1) is 22.2 Å². The van der Waals surface area contributed by atoms with E-state index in [0.717, 1.165) is 37.3 Å². The predicted molar refractivity (Wildman–Crippen MR) is 119 cm³/mol. The fourth-order valence-electron chi connectivity index (χ4n) is 3.00. The number of nitrogens with one attached hydrogen (secondary N) is 1. The first-order chi connectivity index (χ1) is 14.1. The maximum atomic E-state index is 12.1. The summed E-state index contributed by atoms with van der Waals surface area (Å²) < 4.78 is 4.06. The Labute approximate surface area is 176 Å². The monoisotopic (exact) mass is 421 g/mol. The number of thioether (sulfide) groups is 1. The van der Waals surface area contributed by atoms with E-state index in [2.05, 4.69) is 25.1 Å². The van der Waals surface area contributed by atoms with Crippen LogP contribution >= 0.6 is 23.1 Å². The molecule has 0 aliphatic rings. The third kappa shape index (κ3) is 4.38. The molecule has 3 aromatic heterocycles. The molecular formula is C21H19N5OS2. The lowest BCUT2D eigenvalue weighted by atomic mass is 10.3. The lowest BCUT2D eigenvalue weighted by Crippen LogP contribution is -2.19. The van der Waals surface area contributed by atoms with E-state index < -0.39 is 0 Å². The van der Waals surface area contributed by atoms with E-state index in [1.54, 1.807) is 23.7 Å². The number of hydrazone groups is 1. The Bertz CT molecular complexity index is 1150. The molecule has 0 saturated carbocycles. The smallest absolute Gasteiger partial charge is 0.250 e. The molecule has 0 bridgehead atoms. The molecule has 29 heavy (non-hydrogen) atoms. The van der Waals surface area contributed by atoms with Crippen molar-refractivity contribution in [3.8, 4) is 5.82 Å². The first-order valence-electron chi connectivity index (χ1n) is 9.02. The Morgan fingerprint density at radius 1 is 1.24 bits per heavy atom. The number of carbonyl (C=O) groups is 1. The number of hydrogen-bond acceptors (Lipinski definition) is 6. The average molecular weight is 422 g/mol. The summed E-state index contributed by atoms with van der Waals surface area (Å²) >= 11 is 3.01. The second-order valence-corrected chi connectivity index (χ2v) is 8.63. The zero-order valence-corrected chi connectivity index (χ0v) is 17.6. The Hall–Kier alpha value is -2.97. The summed E-state index contributed by atoms with van der Waals surface area (Å²) in [4.78, 5) is 21.0. The van der Waals surface area contributed by atoms with E-state index >= 15 is 0 Å². The molecule has 6 nitrogen and oxygen atoms in total. The van der Waals surface area contributed by atoms with Crippen molar-refractivity contribution in [1.29, 1.82) is 0 Å². The summed E-state index contributed by atoms with van der Waals surface area (Å²) in [5, 5.41) is 4.12. The van der Waals surface area contributed by atoms with Gasteiger partial charge in [0, 0.05) is 23.1 Å². The molecule has 0 aliphatic carbocycles. The van der Waals surface area contributed by atoms with E-state index in [-0.39, 0.29) is 11.7 Å². The summed E-state index contributed by atoms with van der Waals surface area (Å²) in [6.07, 6.45) is 3.44. The van der Waals surface area contributed by atoms with Gasteiger partial charge in [-0.05, 0) is 44.2 Å². The van der Waals surface area contributed by atoms with Crippen LogP contribution in [0.3, 0.4) is 0 Å². The van der Waals surface area contributed by atoms with Crippen LogP contribution in [0.25, 0.3) is 16.0 Å². The number of pyridine rings is 1. The van der Waals surface area contributed by atoms with E-state index in [4.69, 9.17) is 0 Å². The molecule has 0 aliphatic heterocycles. The third-order valence-corrected chi connectivity index (χ3v) is 6.52. The molecule has 4 rings (SSSR count). The van der Waals surface area contributed by atoms with Crippen LogP contribution in [0.2, 0.25) is 0 Å². The summed E-state index contributed by atoms with van der Waals surface area (Å²) in [5.74, 6) is 0.965. The van der Waals surface area contributed by atoms with Gasteiger partial charge in [0.25, 0.3) is 5.91 Å². The van der Waals surface area contributed by atoms with Crippen molar-refractivity contribution in [3.63, 3.8) is 0 Å². The van der Waals surface area contributed by atoms with Crippen LogP contribution in [0, 0.1) is 13.8 Å². The Morgan fingerprint density at radius 2 is 2.07 bits per heavy atom. The number of hydrogen-bond donors (Lipinski definition) is 1. The van der Waals surface area contributed by atoms with Gasteiger partial charge in [0.1, 0.15) is 5.82 Å². The van der Waals surface area contributed by atoms with Crippen LogP contribution in [0.5, 0.6) is 0 Å². The predicted octanol–water partition coefficient (Wildman–Crippen LogP) is 4.34. The Morgan fingerprint density at radius 3 is 2.86 bits per heavy atom. The molecule has 0 fully saturated rings. The van der Waals surface area contributed by atoms with Gasteiger partial charge in [-0.2, -0.15) is 5.10 Å². The number of para-hydroxylation sites is 1. The fraction of sp³-hybridized carbons (Fsp3) is 0.143. The number of carbonyl (C=O) groups excluding carboxylic acids is 1. The first-order valence-corrected chi connectivity index (χ1v) is 10.8. The van der Waals surface area contributed by atoms with E-state index in [1.807, 2.05) is 62.4 Å². The minimum absolute atomic E-state index is 0.163. The molecule has 0 spiro atoms. The number of nitrogens with zero attached hydrogens (tertiary/aromatic N) is 4. The van der Waals surface area contributed by atoms with E-state index in [0.29, 0.717) is 0 Å². The van der Waals surface area contributed by atoms with Gasteiger partial charge < -0.3 is 4.57 Å². The lowest BCUT2D eigenvalue weighted by Gasteiger charge is -2.07. The van der Waals surface area contributed by atoms with E-state index in [1.165, 1.54) is 11.8 Å². The minimum atomic E-state index is -0.163. The van der Waals surface area contributed by atoms with Gasteiger partial charge in [0.15, 0.2) is 4.34 Å². The molecule has 0 atom stereocenters. The standard InChI is InChI=1S/C21H19N5OS2/c1-14-11-16(15(2)26(14)19-9-5-6-10-22-19)12-23-25-20(27)13-28-21-24-17-7-3-4-8-18(17)29-21/h3-12H,13H2,1-2H3,(H,25,27)/b23-12-. The third-order valence-electron chi connectivity index (χ3n) is 4.34.